The molecule has 3 heterocycles. The second kappa shape index (κ2) is 8.32. The SMILES string of the molecule is Cc1ccc(C(O)=C2C(=O)C(=O)N(CCC[n+]3cc[nH]c3)C2c2ccc[nH+]c2)cc1. The Balaban J connectivity index is 1.71. The summed E-state index contributed by atoms with van der Waals surface area (Å²) in [7, 11) is 0. The molecule has 0 aliphatic carbocycles. The summed E-state index contributed by atoms with van der Waals surface area (Å²) in [5.74, 6) is -1.39. The number of aromatic nitrogens is 3. The van der Waals surface area contributed by atoms with Crippen LogP contribution < -0.4 is 9.55 Å². The quantitative estimate of drug-likeness (QED) is 0.285. The van der Waals surface area contributed by atoms with Crippen molar-refractivity contribution in [1.29, 1.82) is 0 Å². The van der Waals surface area contributed by atoms with Gasteiger partial charge in [-0.15, -0.1) is 0 Å². The van der Waals surface area contributed by atoms with Crippen molar-refractivity contribution < 1.29 is 24.2 Å². The monoisotopic (exact) mass is 404 g/mol. The second-order valence-electron chi connectivity index (χ2n) is 7.40. The lowest BCUT2D eigenvalue weighted by molar-refractivity contribution is -0.695. The number of aliphatic hydroxyl groups is 1. The Morgan fingerprint density at radius 3 is 2.70 bits per heavy atom. The maximum atomic E-state index is 12.9. The van der Waals surface area contributed by atoms with Crippen LogP contribution in [-0.2, 0) is 16.1 Å². The molecule has 3 N–H and O–H groups in total. The molecule has 0 saturated carbocycles. The van der Waals surface area contributed by atoms with E-state index in [0.29, 0.717) is 25.1 Å². The van der Waals surface area contributed by atoms with Crippen molar-refractivity contribution in [2.45, 2.75) is 25.9 Å². The van der Waals surface area contributed by atoms with Crippen LogP contribution in [0.1, 0.15) is 29.2 Å². The summed E-state index contributed by atoms with van der Waals surface area (Å²) in [5, 5.41) is 11.0. The van der Waals surface area contributed by atoms with Gasteiger partial charge in [-0.05, 0) is 13.0 Å². The van der Waals surface area contributed by atoms with Crippen molar-refractivity contribution >= 4 is 17.4 Å². The number of pyridine rings is 1. The zero-order chi connectivity index (χ0) is 21.1. The number of likely N-dealkylation sites (tertiary alicyclic amines) is 1. The summed E-state index contributed by atoms with van der Waals surface area (Å²) in [5.41, 5.74) is 2.44. The van der Waals surface area contributed by atoms with E-state index in [1.54, 1.807) is 29.4 Å². The topological polar surface area (TPSA) is 91.4 Å². The van der Waals surface area contributed by atoms with E-state index in [1.807, 2.05) is 54.5 Å². The molecule has 1 aromatic carbocycles. The second-order valence-corrected chi connectivity index (χ2v) is 7.40. The zero-order valence-electron chi connectivity index (χ0n) is 16.7. The highest BCUT2D eigenvalue weighted by molar-refractivity contribution is 6.46. The van der Waals surface area contributed by atoms with Crippen molar-refractivity contribution in [2.24, 2.45) is 0 Å². The van der Waals surface area contributed by atoms with Gasteiger partial charge in [0.15, 0.2) is 12.4 Å². The van der Waals surface area contributed by atoms with E-state index >= 15 is 0 Å². The fourth-order valence-corrected chi connectivity index (χ4v) is 3.78. The van der Waals surface area contributed by atoms with Gasteiger partial charge in [0.2, 0.25) is 6.33 Å². The number of aryl methyl sites for hydroxylation is 2. The number of nitrogens with zero attached hydrogens (tertiary/aromatic N) is 2. The van der Waals surface area contributed by atoms with Crippen LogP contribution >= 0.6 is 0 Å². The van der Waals surface area contributed by atoms with Gasteiger partial charge in [0, 0.05) is 30.2 Å². The van der Waals surface area contributed by atoms with Gasteiger partial charge in [0.1, 0.15) is 18.2 Å². The molecule has 1 atom stereocenters. The molecule has 1 aliphatic rings. The number of carbonyl (C=O) groups is 2. The van der Waals surface area contributed by atoms with E-state index in [2.05, 4.69) is 9.97 Å². The molecule has 1 aliphatic heterocycles. The number of hydrogen-bond donors (Lipinski definition) is 2. The molecule has 1 amide bonds. The lowest BCUT2D eigenvalue weighted by atomic mass is 9.96. The molecule has 7 heteroatoms. The fourth-order valence-electron chi connectivity index (χ4n) is 3.78. The Morgan fingerprint density at radius 1 is 1.23 bits per heavy atom. The maximum Gasteiger partial charge on any atom is 0.295 e. The Bertz CT molecular complexity index is 1070. The predicted octanol–water partition coefficient (Wildman–Crippen LogP) is 1.94. The molecule has 30 heavy (non-hydrogen) atoms. The first-order valence-corrected chi connectivity index (χ1v) is 9.89. The Labute approximate surface area is 174 Å². The van der Waals surface area contributed by atoms with Crippen molar-refractivity contribution in [3.05, 3.63) is 89.8 Å². The smallest absolute Gasteiger partial charge is 0.295 e. The molecular weight excluding hydrogens is 380 g/mol. The van der Waals surface area contributed by atoms with Gasteiger partial charge < -0.3 is 10.0 Å². The van der Waals surface area contributed by atoms with E-state index in [9.17, 15) is 14.7 Å². The molecular formula is C23H24N4O3+2. The summed E-state index contributed by atoms with van der Waals surface area (Å²) >= 11 is 0. The average molecular weight is 404 g/mol. The average Bonchev–Trinajstić information content (AvgIpc) is 3.37. The van der Waals surface area contributed by atoms with Crippen LogP contribution in [0, 0.1) is 6.92 Å². The fraction of sp³-hybridized carbons (Fsp3) is 0.217. The molecule has 1 unspecified atom stereocenters. The molecule has 1 fully saturated rings. The number of nitrogens with one attached hydrogen (secondary N) is 2. The third-order valence-electron chi connectivity index (χ3n) is 5.33. The van der Waals surface area contributed by atoms with E-state index in [-0.39, 0.29) is 11.3 Å². The standard InChI is InChI=1S/C23H22N4O3/c1-16-5-7-17(8-6-16)21(28)19-20(18-4-2-9-24-14-18)27(23(30)22(19)29)12-3-11-26-13-10-25-15-26/h2,4-10,13-15,20H,3,11-12H2,1H3,(H,28,29)/p+2. The number of rotatable bonds is 6. The van der Waals surface area contributed by atoms with Crippen molar-refractivity contribution in [3.63, 3.8) is 0 Å². The highest BCUT2D eigenvalue weighted by Crippen LogP contribution is 2.38. The maximum absolute atomic E-state index is 12.9. The molecule has 0 spiro atoms. The van der Waals surface area contributed by atoms with Crippen LogP contribution in [0.5, 0.6) is 0 Å². The van der Waals surface area contributed by atoms with Gasteiger partial charge >= 0.3 is 0 Å². The van der Waals surface area contributed by atoms with Crippen molar-refractivity contribution in [3.8, 4) is 0 Å². The van der Waals surface area contributed by atoms with E-state index in [0.717, 1.165) is 11.1 Å². The van der Waals surface area contributed by atoms with Gasteiger partial charge in [0.25, 0.3) is 11.7 Å². The van der Waals surface area contributed by atoms with Gasteiger partial charge in [0.05, 0.1) is 18.2 Å². The molecule has 2 aromatic heterocycles. The summed E-state index contributed by atoms with van der Waals surface area (Å²) < 4.78 is 1.98. The third kappa shape index (κ3) is 3.74. The van der Waals surface area contributed by atoms with Crippen LogP contribution in [0.4, 0.5) is 0 Å². The molecule has 7 nitrogen and oxygen atoms in total. The van der Waals surface area contributed by atoms with Crippen LogP contribution in [0.15, 0.2) is 73.1 Å². The van der Waals surface area contributed by atoms with Crippen molar-refractivity contribution in [2.75, 3.05) is 6.54 Å². The normalized spacial score (nSPS) is 18.2. The van der Waals surface area contributed by atoms with Crippen LogP contribution in [0.2, 0.25) is 0 Å². The Kier molecular flexibility index (Phi) is 5.43. The first-order valence-electron chi connectivity index (χ1n) is 9.89. The molecule has 152 valence electrons. The van der Waals surface area contributed by atoms with Crippen LogP contribution in [-0.4, -0.2) is 33.2 Å². The van der Waals surface area contributed by atoms with E-state index in [4.69, 9.17) is 0 Å². The molecule has 0 radical (unpaired) electrons. The summed E-state index contributed by atoms with van der Waals surface area (Å²) in [6.45, 7) is 3.05. The number of aliphatic hydroxyl groups excluding tert-OH is 1. The Hall–Kier alpha value is -3.74. The summed E-state index contributed by atoms with van der Waals surface area (Å²) in [4.78, 5) is 33.4. The number of imidazole rings is 1. The molecule has 1 saturated heterocycles. The van der Waals surface area contributed by atoms with E-state index in [1.165, 1.54) is 0 Å². The van der Waals surface area contributed by atoms with Gasteiger partial charge in [-0.2, -0.15) is 0 Å². The van der Waals surface area contributed by atoms with Crippen LogP contribution in [0.25, 0.3) is 5.76 Å². The molecule has 4 rings (SSSR count). The highest BCUT2D eigenvalue weighted by Gasteiger charge is 2.46. The van der Waals surface area contributed by atoms with Gasteiger partial charge in [-0.1, -0.05) is 29.8 Å². The lowest BCUT2D eigenvalue weighted by Gasteiger charge is -2.23. The van der Waals surface area contributed by atoms with Gasteiger partial charge in [-0.3, -0.25) is 14.6 Å². The number of aromatic amines is 2. The number of ketones is 1. The first kappa shape index (κ1) is 19.6. The molecule has 3 aromatic rings. The first-order chi connectivity index (χ1) is 14.6. The minimum absolute atomic E-state index is 0.123. The number of carbonyl (C=O) groups excluding carboxylic acids is 2. The number of amides is 1. The number of Topliss-reactive ketones (excluding diaryl/α,β-unsaturated/α-hetero) is 1. The lowest BCUT2D eigenvalue weighted by Crippen LogP contribution is -2.36. The summed E-state index contributed by atoms with van der Waals surface area (Å²) in [6.07, 6.45) is 9.77. The van der Waals surface area contributed by atoms with Gasteiger partial charge in [-0.25, -0.2) is 9.55 Å². The predicted molar refractivity (Wildman–Crippen MR) is 109 cm³/mol. The summed E-state index contributed by atoms with van der Waals surface area (Å²) in [6, 6.07) is 10.3. The van der Waals surface area contributed by atoms with E-state index < -0.39 is 17.7 Å². The minimum Gasteiger partial charge on any atom is -0.507 e. The largest absolute Gasteiger partial charge is 0.507 e. The minimum atomic E-state index is -0.656. The number of benzene rings is 1. The van der Waals surface area contributed by atoms with Crippen LogP contribution in [0.3, 0.4) is 0 Å². The number of hydrogen-bond acceptors (Lipinski definition) is 3. The third-order valence-corrected chi connectivity index (χ3v) is 5.33. The number of H-pyrrole nitrogens is 2. The molecule has 0 bridgehead atoms. The highest BCUT2D eigenvalue weighted by atomic mass is 16.3. The van der Waals surface area contributed by atoms with Crippen molar-refractivity contribution in [1.82, 2.24) is 9.88 Å². The Morgan fingerprint density at radius 2 is 2.03 bits per heavy atom. The zero-order valence-corrected chi connectivity index (χ0v) is 16.7.